The van der Waals surface area contributed by atoms with E-state index in [2.05, 4.69) is 34.7 Å². The van der Waals surface area contributed by atoms with Crippen molar-refractivity contribution in [1.29, 1.82) is 0 Å². The Bertz CT molecular complexity index is 455. The molecule has 1 aromatic rings. The lowest BCUT2D eigenvalue weighted by Crippen LogP contribution is -2.30. The van der Waals surface area contributed by atoms with Crippen molar-refractivity contribution < 1.29 is 4.74 Å². The number of ether oxygens (including phenoxy) is 1. The molecule has 4 heteroatoms. The highest BCUT2D eigenvalue weighted by molar-refractivity contribution is 5.03. The summed E-state index contributed by atoms with van der Waals surface area (Å²) in [5, 5.41) is 4.65. The van der Waals surface area contributed by atoms with Gasteiger partial charge >= 0.3 is 0 Å². The summed E-state index contributed by atoms with van der Waals surface area (Å²) in [6.07, 6.45) is 10.9. The second-order valence-electron chi connectivity index (χ2n) is 7.39. The summed E-state index contributed by atoms with van der Waals surface area (Å²) in [6.45, 7) is 6.41. The number of rotatable bonds is 6. The molecule has 0 N–H and O–H groups in total. The third-order valence-corrected chi connectivity index (χ3v) is 5.62. The first-order chi connectivity index (χ1) is 10.7. The van der Waals surface area contributed by atoms with Gasteiger partial charge in [0.15, 0.2) is 0 Å². The van der Waals surface area contributed by atoms with Gasteiger partial charge in [0.1, 0.15) is 0 Å². The van der Waals surface area contributed by atoms with E-state index in [4.69, 9.17) is 4.74 Å². The number of unbranched alkanes of at least 4 members (excludes halogenated alkanes) is 1. The summed E-state index contributed by atoms with van der Waals surface area (Å²) in [7, 11) is 2.22. The van der Waals surface area contributed by atoms with Crippen LogP contribution in [-0.4, -0.2) is 41.5 Å². The molecule has 1 saturated heterocycles. The van der Waals surface area contributed by atoms with E-state index < -0.39 is 0 Å². The summed E-state index contributed by atoms with van der Waals surface area (Å²) in [6, 6.07) is 2.79. The lowest BCUT2D eigenvalue weighted by Gasteiger charge is -2.36. The Morgan fingerprint density at radius 2 is 2.18 bits per heavy atom. The predicted molar refractivity (Wildman–Crippen MR) is 88.8 cm³/mol. The largest absolute Gasteiger partial charge is 0.381 e. The van der Waals surface area contributed by atoms with Crippen LogP contribution in [0, 0.1) is 5.41 Å². The van der Waals surface area contributed by atoms with Crippen molar-refractivity contribution in [3.05, 3.63) is 18.0 Å². The van der Waals surface area contributed by atoms with Crippen LogP contribution in [0.25, 0.3) is 0 Å². The van der Waals surface area contributed by atoms with Crippen molar-refractivity contribution in [2.75, 3.05) is 26.8 Å². The molecule has 1 aliphatic heterocycles. The van der Waals surface area contributed by atoms with Crippen molar-refractivity contribution in [2.24, 2.45) is 5.41 Å². The van der Waals surface area contributed by atoms with Gasteiger partial charge in [-0.15, -0.1) is 0 Å². The van der Waals surface area contributed by atoms with Crippen molar-refractivity contribution >= 4 is 0 Å². The van der Waals surface area contributed by atoms with Crippen LogP contribution in [0.1, 0.15) is 63.6 Å². The average Bonchev–Trinajstić information content (AvgIpc) is 3.16. The zero-order valence-electron chi connectivity index (χ0n) is 14.3. The van der Waals surface area contributed by atoms with E-state index in [1.165, 1.54) is 57.2 Å². The number of hydrogen-bond donors (Lipinski definition) is 0. The molecule has 0 amide bonds. The van der Waals surface area contributed by atoms with Gasteiger partial charge in [0.25, 0.3) is 0 Å². The standard InChI is InChI=1S/C18H31N3O/c1-3-4-12-20(2)14-17-7-11-19-21(17)16-5-8-18(9-6-16)10-13-22-15-18/h7,11,16H,3-6,8-10,12-15H2,1-2H3. The molecule has 2 aliphatic rings. The maximum Gasteiger partial charge on any atom is 0.0527 e. The fraction of sp³-hybridized carbons (Fsp3) is 0.833. The highest BCUT2D eigenvalue weighted by atomic mass is 16.5. The molecular formula is C18H31N3O. The molecule has 0 atom stereocenters. The first kappa shape index (κ1) is 16.0. The van der Waals surface area contributed by atoms with Gasteiger partial charge in [-0.2, -0.15) is 5.10 Å². The van der Waals surface area contributed by atoms with Crippen LogP contribution >= 0.6 is 0 Å². The molecule has 2 heterocycles. The van der Waals surface area contributed by atoms with Gasteiger partial charge in [-0.25, -0.2) is 0 Å². The summed E-state index contributed by atoms with van der Waals surface area (Å²) in [5.41, 5.74) is 1.88. The smallest absolute Gasteiger partial charge is 0.0527 e. The zero-order chi connectivity index (χ0) is 15.4. The first-order valence-corrected chi connectivity index (χ1v) is 9.01. The van der Waals surface area contributed by atoms with Crippen molar-refractivity contribution in [3.8, 4) is 0 Å². The fourth-order valence-electron chi connectivity index (χ4n) is 4.08. The minimum absolute atomic E-state index is 0.502. The van der Waals surface area contributed by atoms with Crippen LogP contribution in [-0.2, 0) is 11.3 Å². The first-order valence-electron chi connectivity index (χ1n) is 9.01. The molecule has 0 unspecified atom stereocenters. The molecule has 1 spiro atoms. The molecule has 22 heavy (non-hydrogen) atoms. The lowest BCUT2D eigenvalue weighted by atomic mass is 9.72. The van der Waals surface area contributed by atoms with Gasteiger partial charge in [-0.1, -0.05) is 13.3 Å². The van der Waals surface area contributed by atoms with Crippen LogP contribution in [0.3, 0.4) is 0 Å². The molecule has 1 saturated carbocycles. The van der Waals surface area contributed by atoms with Crippen LogP contribution in [0.5, 0.6) is 0 Å². The van der Waals surface area contributed by atoms with Crippen molar-refractivity contribution in [2.45, 2.75) is 64.5 Å². The lowest BCUT2D eigenvalue weighted by molar-refractivity contribution is 0.103. The van der Waals surface area contributed by atoms with Gasteiger partial charge in [0.2, 0.25) is 0 Å². The molecule has 0 radical (unpaired) electrons. The number of aromatic nitrogens is 2. The zero-order valence-corrected chi connectivity index (χ0v) is 14.3. The Morgan fingerprint density at radius 3 is 2.86 bits per heavy atom. The van der Waals surface area contributed by atoms with E-state index >= 15 is 0 Å². The molecule has 1 aromatic heterocycles. The van der Waals surface area contributed by atoms with Gasteiger partial charge < -0.3 is 9.64 Å². The monoisotopic (exact) mass is 305 g/mol. The fourth-order valence-corrected chi connectivity index (χ4v) is 4.08. The van der Waals surface area contributed by atoms with E-state index in [-0.39, 0.29) is 0 Å². The summed E-state index contributed by atoms with van der Waals surface area (Å²) in [4.78, 5) is 2.42. The SMILES string of the molecule is CCCCN(C)Cc1ccnn1C1CCC2(CCOC2)CC1. The minimum atomic E-state index is 0.502. The third-order valence-electron chi connectivity index (χ3n) is 5.62. The molecule has 124 valence electrons. The van der Waals surface area contributed by atoms with Gasteiger partial charge in [-0.3, -0.25) is 4.68 Å². The van der Waals surface area contributed by atoms with E-state index in [1.54, 1.807) is 0 Å². The van der Waals surface area contributed by atoms with E-state index in [1.807, 2.05) is 6.20 Å². The molecule has 4 nitrogen and oxygen atoms in total. The molecule has 0 aromatic carbocycles. The molecule has 1 aliphatic carbocycles. The van der Waals surface area contributed by atoms with E-state index in [0.717, 1.165) is 19.8 Å². The van der Waals surface area contributed by atoms with E-state index in [9.17, 15) is 0 Å². The van der Waals surface area contributed by atoms with Crippen LogP contribution in [0.15, 0.2) is 12.3 Å². The summed E-state index contributed by atoms with van der Waals surface area (Å²) < 4.78 is 7.96. The van der Waals surface area contributed by atoms with Gasteiger partial charge in [0, 0.05) is 19.3 Å². The molecule has 0 bridgehead atoms. The Balaban J connectivity index is 1.58. The van der Waals surface area contributed by atoms with Crippen molar-refractivity contribution in [3.63, 3.8) is 0 Å². The predicted octanol–water partition coefficient (Wildman–Crippen LogP) is 3.64. The normalized spacial score (nSPS) is 28.8. The Morgan fingerprint density at radius 1 is 1.36 bits per heavy atom. The second kappa shape index (κ2) is 7.14. The third kappa shape index (κ3) is 3.54. The van der Waals surface area contributed by atoms with Crippen molar-refractivity contribution in [1.82, 2.24) is 14.7 Å². The van der Waals surface area contributed by atoms with Crippen LogP contribution < -0.4 is 0 Å². The van der Waals surface area contributed by atoms with Gasteiger partial charge in [0.05, 0.1) is 18.3 Å². The maximum atomic E-state index is 5.65. The highest BCUT2D eigenvalue weighted by Crippen LogP contribution is 2.46. The second-order valence-corrected chi connectivity index (χ2v) is 7.39. The Kier molecular flexibility index (Phi) is 5.19. The van der Waals surface area contributed by atoms with Crippen LogP contribution in [0.2, 0.25) is 0 Å². The molecular weight excluding hydrogens is 274 g/mol. The maximum absolute atomic E-state index is 5.65. The topological polar surface area (TPSA) is 30.3 Å². The quantitative estimate of drug-likeness (QED) is 0.804. The van der Waals surface area contributed by atoms with E-state index in [0.29, 0.717) is 11.5 Å². The molecule has 3 rings (SSSR count). The highest BCUT2D eigenvalue weighted by Gasteiger charge is 2.39. The average molecular weight is 305 g/mol. The Labute approximate surface area is 134 Å². The van der Waals surface area contributed by atoms with Crippen LogP contribution in [0.4, 0.5) is 0 Å². The minimum Gasteiger partial charge on any atom is -0.381 e. The van der Waals surface area contributed by atoms with Gasteiger partial charge in [-0.05, 0) is 63.6 Å². The Hall–Kier alpha value is -0.870. The summed E-state index contributed by atoms with van der Waals surface area (Å²) in [5.74, 6) is 0. The summed E-state index contributed by atoms with van der Waals surface area (Å²) >= 11 is 0. The molecule has 2 fully saturated rings. The number of hydrogen-bond acceptors (Lipinski definition) is 3. The number of nitrogens with zero attached hydrogens (tertiary/aromatic N) is 3.